The third kappa shape index (κ3) is 6.30. The van der Waals surface area contributed by atoms with Gasteiger partial charge in [0.05, 0.1) is 10.9 Å². The lowest BCUT2D eigenvalue weighted by molar-refractivity contribution is 0.191. The van der Waals surface area contributed by atoms with Crippen molar-refractivity contribution in [3.63, 3.8) is 0 Å². The third-order valence-corrected chi connectivity index (χ3v) is 5.18. The Balaban J connectivity index is 1.79. The van der Waals surface area contributed by atoms with Crippen LogP contribution >= 0.6 is 22.9 Å². The van der Waals surface area contributed by atoms with Gasteiger partial charge >= 0.3 is 0 Å². The summed E-state index contributed by atoms with van der Waals surface area (Å²) < 4.78 is 0.688. The van der Waals surface area contributed by atoms with Gasteiger partial charge in [0.15, 0.2) is 5.96 Å². The minimum absolute atomic E-state index is 0.326. The summed E-state index contributed by atoms with van der Waals surface area (Å²) in [7, 11) is 0. The monoisotopic (exact) mass is 358 g/mol. The lowest BCUT2D eigenvalue weighted by Crippen LogP contribution is -2.42. The SMILES string of the molecule is CCNC(=NCC(O)c1ccc(Cl)s1)NCCN(CC)C1CC1. The van der Waals surface area contributed by atoms with E-state index in [0.717, 1.165) is 43.1 Å². The van der Waals surface area contributed by atoms with E-state index in [1.165, 1.54) is 24.2 Å². The second-order valence-electron chi connectivity index (χ2n) is 5.66. The van der Waals surface area contributed by atoms with E-state index in [4.69, 9.17) is 11.6 Å². The predicted molar refractivity (Wildman–Crippen MR) is 98.5 cm³/mol. The first-order valence-corrected chi connectivity index (χ1v) is 9.53. The molecule has 0 saturated heterocycles. The number of halogens is 1. The number of aliphatic hydroxyl groups excluding tert-OH is 1. The lowest BCUT2D eigenvalue weighted by atomic mass is 10.3. The molecule has 1 atom stereocenters. The number of aliphatic hydroxyl groups is 1. The topological polar surface area (TPSA) is 59.9 Å². The van der Waals surface area contributed by atoms with Crippen molar-refractivity contribution in [2.45, 2.75) is 38.8 Å². The highest BCUT2D eigenvalue weighted by atomic mass is 35.5. The van der Waals surface area contributed by atoms with Crippen LogP contribution in [0.2, 0.25) is 4.34 Å². The molecule has 0 aliphatic heterocycles. The second-order valence-corrected chi connectivity index (χ2v) is 7.41. The van der Waals surface area contributed by atoms with Gasteiger partial charge in [-0.1, -0.05) is 18.5 Å². The van der Waals surface area contributed by atoms with Gasteiger partial charge in [0.25, 0.3) is 0 Å². The largest absolute Gasteiger partial charge is 0.386 e. The molecule has 0 radical (unpaired) electrons. The van der Waals surface area contributed by atoms with Crippen molar-refractivity contribution in [1.29, 1.82) is 0 Å². The van der Waals surface area contributed by atoms with Crippen molar-refractivity contribution < 1.29 is 5.11 Å². The molecule has 1 saturated carbocycles. The fourth-order valence-corrected chi connectivity index (χ4v) is 3.51. The molecule has 1 aromatic rings. The van der Waals surface area contributed by atoms with Crippen LogP contribution in [0.3, 0.4) is 0 Å². The number of likely N-dealkylation sites (N-methyl/N-ethyl adjacent to an activating group) is 1. The Morgan fingerprint density at radius 2 is 2.22 bits per heavy atom. The molecule has 0 spiro atoms. The average Bonchev–Trinajstić information content (AvgIpc) is 3.29. The molecular weight excluding hydrogens is 332 g/mol. The second kappa shape index (κ2) is 9.47. The molecule has 1 fully saturated rings. The smallest absolute Gasteiger partial charge is 0.191 e. The summed E-state index contributed by atoms with van der Waals surface area (Å²) in [5.41, 5.74) is 0. The number of nitrogens with zero attached hydrogens (tertiary/aromatic N) is 2. The molecule has 130 valence electrons. The predicted octanol–water partition coefficient (Wildman–Crippen LogP) is 2.47. The first kappa shape index (κ1) is 18.5. The number of thiophene rings is 1. The third-order valence-electron chi connectivity index (χ3n) is 3.85. The maximum Gasteiger partial charge on any atom is 0.191 e. The summed E-state index contributed by atoms with van der Waals surface area (Å²) in [6, 6.07) is 4.43. The van der Waals surface area contributed by atoms with Gasteiger partial charge in [0.2, 0.25) is 0 Å². The molecule has 2 rings (SSSR count). The van der Waals surface area contributed by atoms with Gasteiger partial charge in [-0.15, -0.1) is 11.3 Å². The van der Waals surface area contributed by atoms with E-state index < -0.39 is 6.10 Å². The number of hydrogen-bond donors (Lipinski definition) is 3. The zero-order chi connectivity index (χ0) is 16.7. The maximum atomic E-state index is 10.2. The lowest BCUT2D eigenvalue weighted by Gasteiger charge is -2.20. The Kier molecular flexibility index (Phi) is 7.62. The van der Waals surface area contributed by atoms with Gasteiger partial charge in [-0.25, -0.2) is 0 Å². The molecule has 1 heterocycles. The summed E-state index contributed by atoms with van der Waals surface area (Å²) >= 11 is 7.30. The van der Waals surface area contributed by atoms with Gasteiger partial charge in [-0.3, -0.25) is 9.89 Å². The Morgan fingerprint density at radius 3 is 2.78 bits per heavy atom. The van der Waals surface area contributed by atoms with E-state index >= 15 is 0 Å². The van der Waals surface area contributed by atoms with E-state index in [0.29, 0.717) is 10.9 Å². The number of nitrogens with one attached hydrogen (secondary N) is 2. The standard InChI is InChI=1S/C16H27ClN4OS/c1-3-18-16(19-9-10-21(4-2)12-5-6-12)20-11-13(22)14-7-8-15(17)23-14/h7-8,12-13,22H,3-6,9-11H2,1-2H3,(H2,18,19,20). The average molecular weight is 359 g/mol. The molecule has 1 aromatic heterocycles. The Hall–Kier alpha value is -0.820. The highest BCUT2D eigenvalue weighted by Crippen LogP contribution is 2.27. The first-order chi connectivity index (χ1) is 11.1. The van der Waals surface area contributed by atoms with Crippen molar-refractivity contribution in [1.82, 2.24) is 15.5 Å². The van der Waals surface area contributed by atoms with Crippen LogP contribution in [0.1, 0.15) is 37.7 Å². The number of hydrogen-bond acceptors (Lipinski definition) is 4. The fourth-order valence-electron chi connectivity index (χ4n) is 2.47. The molecule has 1 unspecified atom stereocenters. The molecule has 1 aliphatic rings. The highest BCUT2D eigenvalue weighted by molar-refractivity contribution is 7.16. The quantitative estimate of drug-likeness (QED) is 0.469. The van der Waals surface area contributed by atoms with Crippen LogP contribution in [0.5, 0.6) is 0 Å². The van der Waals surface area contributed by atoms with Gasteiger partial charge in [0.1, 0.15) is 6.10 Å². The van der Waals surface area contributed by atoms with Crippen LogP contribution in [0.4, 0.5) is 0 Å². The van der Waals surface area contributed by atoms with Crippen molar-refractivity contribution in [2.24, 2.45) is 4.99 Å². The van der Waals surface area contributed by atoms with Gasteiger partial charge in [-0.2, -0.15) is 0 Å². The summed E-state index contributed by atoms with van der Waals surface area (Å²) in [6.07, 6.45) is 2.05. The molecule has 3 N–H and O–H groups in total. The van der Waals surface area contributed by atoms with Gasteiger partial charge in [-0.05, 0) is 38.4 Å². The van der Waals surface area contributed by atoms with Gasteiger partial charge in [0, 0.05) is 30.6 Å². The molecule has 23 heavy (non-hydrogen) atoms. The minimum atomic E-state index is -0.610. The normalized spacial score (nSPS) is 16.7. The summed E-state index contributed by atoms with van der Waals surface area (Å²) in [5.74, 6) is 0.751. The Morgan fingerprint density at radius 1 is 1.43 bits per heavy atom. The van der Waals surface area contributed by atoms with Crippen LogP contribution in [0.25, 0.3) is 0 Å². The zero-order valence-electron chi connectivity index (χ0n) is 13.9. The molecule has 0 aromatic carbocycles. The van der Waals surface area contributed by atoms with Crippen LogP contribution in [0, 0.1) is 0 Å². The van der Waals surface area contributed by atoms with Crippen LogP contribution < -0.4 is 10.6 Å². The van der Waals surface area contributed by atoms with Gasteiger partial charge < -0.3 is 15.7 Å². The summed E-state index contributed by atoms with van der Waals surface area (Å²) in [6.45, 7) is 8.35. The first-order valence-electron chi connectivity index (χ1n) is 8.33. The molecular formula is C16H27ClN4OS. The van der Waals surface area contributed by atoms with Crippen molar-refractivity contribution in [2.75, 3.05) is 32.7 Å². The van der Waals surface area contributed by atoms with Crippen molar-refractivity contribution in [3.8, 4) is 0 Å². The molecule has 0 amide bonds. The summed E-state index contributed by atoms with van der Waals surface area (Å²) in [5, 5.41) is 16.7. The number of guanidine groups is 1. The van der Waals surface area contributed by atoms with E-state index in [1.807, 2.05) is 13.0 Å². The zero-order valence-corrected chi connectivity index (χ0v) is 15.5. The van der Waals surface area contributed by atoms with E-state index in [9.17, 15) is 5.11 Å². The summed E-state index contributed by atoms with van der Waals surface area (Å²) in [4.78, 5) is 7.82. The minimum Gasteiger partial charge on any atom is -0.386 e. The van der Waals surface area contributed by atoms with E-state index in [-0.39, 0.29) is 0 Å². The fraction of sp³-hybridized carbons (Fsp3) is 0.688. The van der Waals surface area contributed by atoms with Crippen molar-refractivity contribution >= 4 is 28.9 Å². The Labute approximate surface area is 147 Å². The Bertz CT molecular complexity index is 504. The van der Waals surface area contributed by atoms with E-state index in [1.54, 1.807) is 6.07 Å². The molecule has 5 nitrogen and oxygen atoms in total. The molecule has 1 aliphatic carbocycles. The molecule has 7 heteroatoms. The maximum absolute atomic E-state index is 10.2. The number of rotatable bonds is 9. The number of aliphatic imine (C=N–C) groups is 1. The van der Waals surface area contributed by atoms with Crippen LogP contribution in [0.15, 0.2) is 17.1 Å². The van der Waals surface area contributed by atoms with E-state index in [2.05, 4.69) is 27.4 Å². The molecule has 0 bridgehead atoms. The van der Waals surface area contributed by atoms with Crippen LogP contribution in [-0.4, -0.2) is 54.7 Å². The van der Waals surface area contributed by atoms with Crippen LogP contribution in [-0.2, 0) is 0 Å². The van der Waals surface area contributed by atoms with Crippen molar-refractivity contribution in [3.05, 3.63) is 21.3 Å². The highest BCUT2D eigenvalue weighted by Gasteiger charge is 2.27.